The standard InChI is InChI=1S/C24H31N3O5/c1-24(2,3)32-23(30)26-17-22(29)25-16-18-11-13-19(14-12-18)27-21(28)10-7-15-31-20-8-5-4-6-9-20/h4-6,8-9,11-14H,7,10,15-17H2,1-3H3,(H,25,29)(H,26,30)(H,27,28). The molecular weight excluding hydrogens is 410 g/mol. The predicted molar refractivity (Wildman–Crippen MR) is 122 cm³/mol. The molecular formula is C24H31N3O5. The summed E-state index contributed by atoms with van der Waals surface area (Å²) >= 11 is 0. The van der Waals surface area contributed by atoms with Gasteiger partial charge in [-0.15, -0.1) is 0 Å². The molecule has 0 saturated heterocycles. The fraction of sp³-hybridized carbons (Fsp3) is 0.375. The molecule has 0 aliphatic rings. The molecule has 8 heteroatoms. The molecule has 0 radical (unpaired) electrons. The van der Waals surface area contributed by atoms with Crippen molar-refractivity contribution in [3.8, 4) is 5.75 Å². The first-order chi connectivity index (χ1) is 15.2. The van der Waals surface area contributed by atoms with E-state index >= 15 is 0 Å². The lowest BCUT2D eigenvalue weighted by Crippen LogP contribution is -2.39. The zero-order chi connectivity index (χ0) is 23.4. The number of benzene rings is 2. The van der Waals surface area contributed by atoms with Crippen LogP contribution in [0.15, 0.2) is 54.6 Å². The van der Waals surface area contributed by atoms with Crippen molar-refractivity contribution in [3.63, 3.8) is 0 Å². The molecule has 2 rings (SSSR count). The number of carbonyl (C=O) groups is 3. The van der Waals surface area contributed by atoms with Gasteiger partial charge in [-0.1, -0.05) is 30.3 Å². The summed E-state index contributed by atoms with van der Waals surface area (Å²) in [6, 6.07) is 16.7. The summed E-state index contributed by atoms with van der Waals surface area (Å²) in [6.07, 6.45) is 0.330. The van der Waals surface area contributed by atoms with E-state index in [2.05, 4.69) is 16.0 Å². The van der Waals surface area contributed by atoms with Crippen LogP contribution >= 0.6 is 0 Å². The third kappa shape index (κ3) is 10.5. The quantitative estimate of drug-likeness (QED) is 0.488. The van der Waals surface area contributed by atoms with E-state index in [9.17, 15) is 14.4 Å². The molecule has 0 aliphatic heterocycles. The van der Waals surface area contributed by atoms with Crippen LogP contribution in [0, 0.1) is 0 Å². The van der Waals surface area contributed by atoms with Gasteiger partial charge in [0.25, 0.3) is 0 Å². The van der Waals surface area contributed by atoms with Crippen LogP contribution in [0.25, 0.3) is 0 Å². The molecule has 32 heavy (non-hydrogen) atoms. The fourth-order valence-corrected chi connectivity index (χ4v) is 2.60. The van der Waals surface area contributed by atoms with E-state index in [1.807, 2.05) is 42.5 Å². The molecule has 0 heterocycles. The molecule has 0 aromatic heterocycles. The van der Waals surface area contributed by atoms with Crippen LogP contribution in [0.1, 0.15) is 39.2 Å². The molecule has 8 nitrogen and oxygen atoms in total. The summed E-state index contributed by atoms with van der Waals surface area (Å²) in [5, 5.41) is 7.96. The van der Waals surface area contributed by atoms with Crippen LogP contribution in [0.4, 0.5) is 10.5 Å². The van der Waals surface area contributed by atoms with E-state index < -0.39 is 11.7 Å². The minimum Gasteiger partial charge on any atom is -0.494 e. The Balaban J connectivity index is 1.63. The SMILES string of the molecule is CC(C)(C)OC(=O)NCC(=O)NCc1ccc(NC(=O)CCCOc2ccccc2)cc1. The number of amides is 3. The maximum absolute atomic E-state index is 12.1. The van der Waals surface area contributed by atoms with Gasteiger partial charge in [0.2, 0.25) is 11.8 Å². The molecule has 3 N–H and O–H groups in total. The van der Waals surface area contributed by atoms with Crippen molar-refractivity contribution in [3.05, 3.63) is 60.2 Å². The van der Waals surface area contributed by atoms with E-state index in [1.54, 1.807) is 32.9 Å². The molecule has 0 atom stereocenters. The Morgan fingerprint density at radius 3 is 2.22 bits per heavy atom. The van der Waals surface area contributed by atoms with E-state index in [0.29, 0.717) is 31.7 Å². The van der Waals surface area contributed by atoms with E-state index in [0.717, 1.165) is 11.3 Å². The number of ether oxygens (including phenoxy) is 2. The molecule has 2 aromatic rings. The molecule has 0 aliphatic carbocycles. The molecule has 0 unspecified atom stereocenters. The Hall–Kier alpha value is -3.55. The molecule has 3 amide bonds. The highest BCUT2D eigenvalue weighted by atomic mass is 16.6. The van der Waals surface area contributed by atoms with Crippen LogP contribution in [-0.4, -0.2) is 36.7 Å². The van der Waals surface area contributed by atoms with Crippen molar-refractivity contribution in [2.45, 2.75) is 45.8 Å². The van der Waals surface area contributed by atoms with Crippen LogP contribution in [-0.2, 0) is 20.9 Å². The van der Waals surface area contributed by atoms with E-state index in [4.69, 9.17) is 9.47 Å². The molecule has 2 aromatic carbocycles. The fourth-order valence-electron chi connectivity index (χ4n) is 2.60. The van der Waals surface area contributed by atoms with Crippen molar-refractivity contribution in [1.82, 2.24) is 10.6 Å². The van der Waals surface area contributed by atoms with Gasteiger partial charge in [0.1, 0.15) is 17.9 Å². The van der Waals surface area contributed by atoms with Gasteiger partial charge in [-0.25, -0.2) is 4.79 Å². The van der Waals surface area contributed by atoms with Crippen molar-refractivity contribution < 1.29 is 23.9 Å². The second kappa shape index (κ2) is 12.3. The Labute approximate surface area is 188 Å². The largest absolute Gasteiger partial charge is 0.494 e. The summed E-state index contributed by atoms with van der Waals surface area (Å²) in [5.41, 5.74) is 0.929. The second-order valence-corrected chi connectivity index (χ2v) is 8.14. The second-order valence-electron chi connectivity index (χ2n) is 8.14. The zero-order valence-electron chi connectivity index (χ0n) is 18.8. The number of rotatable bonds is 10. The van der Waals surface area contributed by atoms with Crippen molar-refractivity contribution in [2.24, 2.45) is 0 Å². The number of alkyl carbamates (subject to hydrolysis) is 1. The summed E-state index contributed by atoms with van der Waals surface area (Å²) in [4.78, 5) is 35.5. The molecule has 0 saturated carbocycles. The third-order valence-electron chi connectivity index (χ3n) is 4.08. The van der Waals surface area contributed by atoms with Crippen molar-refractivity contribution >= 4 is 23.6 Å². The first kappa shape index (κ1) is 24.7. The topological polar surface area (TPSA) is 106 Å². The van der Waals surface area contributed by atoms with Gasteiger partial charge in [-0.3, -0.25) is 9.59 Å². The molecule has 0 fully saturated rings. The number of nitrogens with one attached hydrogen (secondary N) is 3. The summed E-state index contributed by atoms with van der Waals surface area (Å²) in [6.45, 7) is 5.85. The Kier molecular flexibility index (Phi) is 9.53. The lowest BCUT2D eigenvalue weighted by molar-refractivity contribution is -0.120. The van der Waals surface area contributed by atoms with Crippen molar-refractivity contribution in [2.75, 3.05) is 18.5 Å². The van der Waals surface area contributed by atoms with Gasteiger partial charge in [-0.2, -0.15) is 0 Å². The van der Waals surface area contributed by atoms with Crippen molar-refractivity contribution in [1.29, 1.82) is 0 Å². The van der Waals surface area contributed by atoms with E-state index in [-0.39, 0.29) is 18.4 Å². The number of hydrogen-bond donors (Lipinski definition) is 3. The van der Waals surface area contributed by atoms with Gasteiger partial charge in [0.05, 0.1) is 6.61 Å². The monoisotopic (exact) mass is 441 g/mol. The smallest absolute Gasteiger partial charge is 0.408 e. The van der Waals surface area contributed by atoms with Crippen LogP contribution in [0.5, 0.6) is 5.75 Å². The Morgan fingerprint density at radius 1 is 0.875 bits per heavy atom. The van der Waals surface area contributed by atoms with E-state index in [1.165, 1.54) is 0 Å². The van der Waals surface area contributed by atoms with Gasteiger partial charge in [0, 0.05) is 18.7 Å². The highest BCUT2D eigenvalue weighted by Crippen LogP contribution is 2.12. The average Bonchev–Trinajstić information content (AvgIpc) is 2.74. The predicted octanol–water partition coefficient (Wildman–Crippen LogP) is 3.63. The number of anilines is 1. The normalized spacial score (nSPS) is 10.7. The average molecular weight is 442 g/mol. The maximum atomic E-state index is 12.1. The molecule has 172 valence electrons. The zero-order valence-corrected chi connectivity index (χ0v) is 18.8. The minimum atomic E-state index is -0.639. The molecule has 0 bridgehead atoms. The van der Waals surface area contributed by atoms with Crippen LogP contribution < -0.4 is 20.7 Å². The first-order valence-electron chi connectivity index (χ1n) is 10.5. The Bertz CT molecular complexity index is 877. The number of carbonyl (C=O) groups excluding carboxylic acids is 3. The highest BCUT2D eigenvalue weighted by Gasteiger charge is 2.16. The Morgan fingerprint density at radius 2 is 1.56 bits per heavy atom. The summed E-state index contributed by atoms with van der Waals surface area (Å²) < 4.78 is 10.7. The van der Waals surface area contributed by atoms with Gasteiger partial charge in [0.15, 0.2) is 0 Å². The minimum absolute atomic E-state index is 0.0871. The maximum Gasteiger partial charge on any atom is 0.408 e. The van der Waals surface area contributed by atoms with Gasteiger partial charge >= 0.3 is 6.09 Å². The lowest BCUT2D eigenvalue weighted by atomic mass is 10.2. The summed E-state index contributed by atoms with van der Waals surface area (Å²) in [7, 11) is 0. The summed E-state index contributed by atoms with van der Waals surface area (Å²) in [5.74, 6) is 0.373. The van der Waals surface area contributed by atoms with Gasteiger partial charge < -0.3 is 25.4 Å². The van der Waals surface area contributed by atoms with Gasteiger partial charge in [-0.05, 0) is 57.0 Å². The number of para-hydroxylation sites is 1. The first-order valence-corrected chi connectivity index (χ1v) is 10.5. The van der Waals surface area contributed by atoms with Crippen LogP contribution in [0.3, 0.4) is 0 Å². The lowest BCUT2D eigenvalue weighted by Gasteiger charge is -2.19. The highest BCUT2D eigenvalue weighted by molar-refractivity contribution is 5.90. The number of hydrogen-bond acceptors (Lipinski definition) is 5. The molecule has 0 spiro atoms. The van der Waals surface area contributed by atoms with Crippen LogP contribution in [0.2, 0.25) is 0 Å². The third-order valence-corrected chi connectivity index (χ3v) is 4.08.